The molecule has 0 amide bonds. The predicted molar refractivity (Wildman–Crippen MR) is 128 cm³/mol. The van der Waals surface area contributed by atoms with Gasteiger partial charge < -0.3 is 15.1 Å². The van der Waals surface area contributed by atoms with E-state index in [9.17, 15) is 9.50 Å². The van der Waals surface area contributed by atoms with Crippen molar-refractivity contribution in [2.45, 2.75) is 39.9 Å². The molecule has 1 aliphatic heterocycles. The third kappa shape index (κ3) is 9.63. The SMILES string of the molecule is CC.CN(C)CCN(Cc1cccc(CN2CCCO2)c1)Cc1c(O)cccc1F.CO. The highest BCUT2D eigenvalue weighted by atomic mass is 19.1. The number of aromatic hydroxyl groups is 1. The summed E-state index contributed by atoms with van der Waals surface area (Å²) in [5.41, 5.74) is 2.73. The van der Waals surface area contributed by atoms with Crippen LogP contribution >= 0.6 is 0 Å². The van der Waals surface area contributed by atoms with E-state index < -0.39 is 0 Å². The van der Waals surface area contributed by atoms with Crippen molar-refractivity contribution in [1.82, 2.24) is 14.9 Å². The highest BCUT2D eigenvalue weighted by Crippen LogP contribution is 2.23. The molecule has 2 aromatic rings. The Hall–Kier alpha value is -2.03. The van der Waals surface area contributed by atoms with E-state index in [4.69, 9.17) is 9.94 Å². The molecule has 2 N–H and O–H groups in total. The summed E-state index contributed by atoms with van der Waals surface area (Å²) in [4.78, 5) is 9.87. The molecule has 0 bridgehead atoms. The van der Waals surface area contributed by atoms with Gasteiger partial charge in [-0.15, -0.1) is 0 Å². The van der Waals surface area contributed by atoms with Crippen LogP contribution in [0.1, 0.15) is 37.0 Å². The zero-order valence-corrected chi connectivity index (χ0v) is 20.2. The van der Waals surface area contributed by atoms with Crippen molar-refractivity contribution in [3.05, 3.63) is 65.0 Å². The van der Waals surface area contributed by atoms with Crippen LogP contribution in [-0.2, 0) is 24.5 Å². The number of aliphatic hydroxyl groups excluding tert-OH is 1. The summed E-state index contributed by atoms with van der Waals surface area (Å²) < 4.78 is 14.2. The first-order valence-corrected chi connectivity index (χ1v) is 11.2. The number of hydroxylamine groups is 2. The first-order chi connectivity index (χ1) is 15.5. The number of benzene rings is 2. The van der Waals surface area contributed by atoms with Gasteiger partial charge in [0, 0.05) is 51.9 Å². The Kier molecular flexibility index (Phi) is 13.8. The number of halogens is 1. The predicted octanol–water partition coefficient (Wildman–Crippen LogP) is 3.87. The smallest absolute Gasteiger partial charge is 0.131 e. The summed E-state index contributed by atoms with van der Waals surface area (Å²) in [6.45, 7) is 9.23. The Labute approximate surface area is 192 Å². The molecular weight excluding hydrogens is 409 g/mol. The minimum absolute atomic E-state index is 0.00906. The number of nitrogens with zero attached hydrogens (tertiary/aromatic N) is 3. The van der Waals surface area contributed by atoms with Crippen LogP contribution in [0.3, 0.4) is 0 Å². The minimum atomic E-state index is -0.366. The monoisotopic (exact) mass is 449 g/mol. The van der Waals surface area contributed by atoms with Crippen molar-refractivity contribution >= 4 is 0 Å². The standard InChI is InChI=1S/C22H30FN3O2.C2H6.CH4O/c1-24(2)11-12-25(17-20-21(23)8-4-9-22(20)27)15-18-6-3-7-19(14-18)16-26-10-5-13-28-26;2*1-2/h3-4,6-9,14,27H,5,10-13,15-17H2,1-2H3;1-2H3;2H,1H3. The van der Waals surface area contributed by atoms with Gasteiger partial charge in [0.15, 0.2) is 0 Å². The van der Waals surface area contributed by atoms with E-state index in [1.807, 2.05) is 33.0 Å². The molecule has 0 atom stereocenters. The maximum absolute atomic E-state index is 14.2. The Morgan fingerprint density at radius 3 is 2.31 bits per heavy atom. The van der Waals surface area contributed by atoms with Gasteiger partial charge in [0.25, 0.3) is 0 Å². The van der Waals surface area contributed by atoms with E-state index in [1.165, 1.54) is 23.3 Å². The Bertz CT molecular complexity index is 748. The van der Waals surface area contributed by atoms with E-state index in [1.54, 1.807) is 6.07 Å². The molecule has 0 radical (unpaired) electrons. The summed E-state index contributed by atoms with van der Waals surface area (Å²) in [6.07, 6.45) is 1.07. The molecule has 0 aromatic heterocycles. The van der Waals surface area contributed by atoms with Gasteiger partial charge in [-0.05, 0) is 43.8 Å². The first kappa shape index (κ1) is 28.0. The molecule has 6 nitrogen and oxygen atoms in total. The number of phenols is 1. The normalized spacial score (nSPS) is 13.5. The van der Waals surface area contributed by atoms with Gasteiger partial charge >= 0.3 is 0 Å². The molecule has 1 heterocycles. The van der Waals surface area contributed by atoms with Crippen LogP contribution in [0.4, 0.5) is 4.39 Å². The molecule has 0 saturated carbocycles. The summed E-state index contributed by atoms with van der Waals surface area (Å²) in [5.74, 6) is -0.357. The van der Waals surface area contributed by atoms with Gasteiger partial charge in [0.2, 0.25) is 0 Å². The van der Waals surface area contributed by atoms with Crippen LogP contribution in [0.25, 0.3) is 0 Å². The molecule has 7 heteroatoms. The molecule has 0 unspecified atom stereocenters. The molecule has 3 rings (SSSR count). The summed E-state index contributed by atoms with van der Waals surface area (Å²) in [6, 6.07) is 12.9. The van der Waals surface area contributed by atoms with Gasteiger partial charge in [-0.1, -0.05) is 44.2 Å². The van der Waals surface area contributed by atoms with E-state index in [0.29, 0.717) is 18.7 Å². The van der Waals surface area contributed by atoms with E-state index >= 15 is 0 Å². The maximum Gasteiger partial charge on any atom is 0.131 e. The lowest BCUT2D eigenvalue weighted by molar-refractivity contribution is -0.117. The topological polar surface area (TPSA) is 59.4 Å². The lowest BCUT2D eigenvalue weighted by atomic mass is 10.1. The molecule has 2 aromatic carbocycles. The lowest BCUT2D eigenvalue weighted by Crippen LogP contribution is -2.31. The first-order valence-electron chi connectivity index (χ1n) is 11.2. The van der Waals surface area contributed by atoms with Crippen LogP contribution < -0.4 is 0 Å². The van der Waals surface area contributed by atoms with Crippen molar-refractivity contribution < 1.29 is 19.4 Å². The fourth-order valence-electron chi connectivity index (χ4n) is 3.39. The van der Waals surface area contributed by atoms with Crippen molar-refractivity contribution in [2.75, 3.05) is 47.4 Å². The number of hydrogen-bond donors (Lipinski definition) is 2. The zero-order valence-electron chi connectivity index (χ0n) is 20.2. The van der Waals surface area contributed by atoms with Crippen LogP contribution in [-0.4, -0.2) is 72.5 Å². The van der Waals surface area contributed by atoms with E-state index in [2.05, 4.69) is 34.1 Å². The molecular formula is C25H40FN3O3. The number of phenolic OH excluding ortho intramolecular Hbond substituents is 1. The quantitative estimate of drug-likeness (QED) is 0.606. The summed E-state index contributed by atoms with van der Waals surface area (Å²) in [5, 5.41) is 19.1. The van der Waals surface area contributed by atoms with Gasteiger partial charge in [0.1, 0.15) is 11.6 Å². The zero-order chi connectivity index (χ0) is 23.9. The van der Waals surface area contributed by atoms with E-state index in [-0.39, 0.29) is 11.6 Å². The van der Waals surface area contributed by atoms with Crippen molar-refractivity contribution in [2.24, 2.45) is 0 Å². The average Bonchev–Trinajstić information content (AvgIpc) is 3.30. The molecule has 0 spiro atoms. The second-order valence-electron chi connectivity index (χ2n) is 7.62. The fraction of sp³-hybridized carbons (Fsp3) is 0.520. The van der Waals surface area contributed by atoms with Crippen LogP contribution in [0.2, 0.25) is 0 Å². The highest BCUT2D eigenvalue weighted by molar-refractivity contribution is 5.33. The maximum atomic E-state index is 14.2. The molecule has 1 fully saturated rings. The van der Waals surface area contributed by atoms with Gasteiger partial charge in [-0.25, -0.2) is 4.39 Å². The highest BCUT2D eigenvalue weighted by Gasteiger charge is 2.16. The average molecular weight is 450 g/mol. The van der Waals surface area contributed by atoms with Crippen LogP contribution in [0, 0.1) is 5.82 Å². The van der Waals surface area contributed by atoms with Crippen LogP contribution in [0.15, 0.2) is 42.5 Å². The Balaban J connectivity index is 0.00000121. The molecule has 0 aliphatic carbocycles. The largest absolute Gasteiger partial charge is 0.508 e. The lowest BCUT2D eigenvalue weighted by Gasteiger charge is -2.25. The minimum Gasteiger partial charge on any atom is -0.508 e. The second-order valence-corrected chi connectivity index (χ2v) is 7.62. The van der Waals surface area contributed by atoms with Gasteiger partial charge in [-0.3, -0.25) is 9.74 Å². The summed E-state index contributed by atoms with van der Waals surface area (Å²) >= 11 is 0. The Morgan fingerprint density at radius 2 is 1.69 bits per heavy atom. The second kappa shape index (κ2) is 15.7. The van der Waals surface area contributed by atoms with Crippen molar-refractivity contribution in [3.8, 4) is 5.75 Å². The summed E-state index contributed by atoms with van der Waals surface area (Å²) in [7, 11) is 5.05. The Morgan fingerprint density at radius 1 is 1.00 bits per heavy atom. The van der Waals surface area contributed by atoms with Gasteiger partial charge in [0.05, 0.1) is 6.61 Å². The molecule has 180 valence electrons. The van der Waals surface area contributed by atoms with Crippen molar-refractivity contribution in [3.63, 3.8) is 0 Å². The molecule has 1 aliphatic rings. The number of rotatable bonds is 9. The fourth-order valence-corrected chi connectivity index (χ4v) is 3.39. The van der Waals surface area contributed by atoms with Crippen molar-refractivity contribution in [1.29, 1.82) is 0 Å². The number of likely N-dealkylation sites (N-methyl/N-ethyl adjacent to an activating group) is 1. The third-order valence-corrected chi connectivity index (χ3v) is 4.92. The van der Waals surface area contributed by atoms with Gasteiger partial charge in [-0.2, -0.15) is 5.06 Å². The number of hydrogen-bond acceptors (Lipinski definition) is 6. The van der Waals surface area contributed by atoms with Crippen LogP contribution in [0.5, 0.6) is 5.75 Å². The number of aliphatic hydroxyl groups is 1. The molecule has 1 saturated heterocycles. The van der Waals surface area contributed by atoms with E-state index in [0.717, 1.165) is 46.3 Å². The molecule has 32 heavy (non-hydrogen) atoms. The third-order valence-electron chi connectivity index (χ3n) is 4.92.